The minimum atomic E-state index is -1.04. The van der Waals surface area contributed by atoms with Crippen LogP contribution in [0.3, 0.4) is 0 Å². The summed E-state index contributed by atoms with van der Waals surface area (Å²) in [5.41, 5.74) is 6.69. The minimum absolute atomic E-state index is 0.0744. The fourth-order valence-corrected chi connectivity index (χ4v) is 3.51. The first-order chi connectivity index (χ1) is 19.1. The maximum absolute atomic E-state index is 12.6. The number of carbonyl (C=O) groups excluding carboxylic acids is 4. The van der Waals surface area contributed by atoms with E-state index in [1.807, 2.05) is 20.8 Å². The second kappa shape index (κ2) is 19.8. The molecule has 1 aromatic rings. The highest BCUT2D eigenvalue weighted by atomic mass is 16.7. The van der Waals surface area contributed by atoms with Gasteiger partial charge in [0.15, 0.2) is 11.5 Å². The molecule has 2 N–H and O–H groups in total. The van der Waals surface area contributed by atoms with Crippen LogP contribution in [0.4, 0.5) is 4.79 Å². The molecule has 1 rings (SSSR count). The van der Waals surface area contributed by atoms with Crippen LogP contribution in [0.1, 0.15) is 104 Å². The molecule has 0 heterocycles. The van der Waals surface area contributed by atoms with Crippen molar-refractivity contribution in [2.24, 2.45) is 5.73 Å². The van der Waals surface area contributed by atoms with Crippen molar-refractivity contribution in [2.45, 2.75) is 123 Å². The summed E-state index contributed by atoms with van der Waals surface area (Å²) in [7, 11) is 0. The van der Waals surface area contributed by atoms with Crippen molar-refractivity contribution in [3.8, 4) is 11.5 Å². The van der Waals surface area contributed by atoms with E-state index in [4.69, 9.17) is 29.4 Å². The van der Waals surface area contributed by atoms with Gasteiger partial charge in [-0.1, -0.05) is 58.9 Å². The Morgan fingerprint density at radius 3 is 1.88 bits per heavy atom. The molecular weight excluding hydrogens is 518 g/mol. The fourth-order valence-electron chi connectivity index (χ4n) is 3.51. The molecule has 0 aliphatic rings. The van der Waals surface area contributed by atoms with Gasteiger partial charge in [-0.2, -0.15) is 0 Å². The number of rotatable bonds is 19. The van der Waals surface area contributed by atoms with E-state index in [1.165, 1.54) is 6.07 Å². The largest absolute Gasteiger partial charge is 0.508 e. The molecule has 0 amide bonds. The topological polar surface area (TPSA) is 140 Å². The van der Waals surface area contributed by atoms with Gasteiger partial charge in [0.25, 0.3) is 0 Å². The molecule has 40 heavy (non-hydrogen) atoms. The number of nitrogens with two attached hydrogens (primary N) is 1. The zero-order valence-electron chi connectivity index (χ0n) is 24.7. The Bertz CT molecular complexity index is 934. The monoisotopic (exact) mass is 565 g/mol. The Morgan fingerprint density at radius 2 is 1.30 bits per heavy atom. The van der Waals surface area contributed by atoms with E-state index >= 15 is 0 Å². The van der Waals surface area contributed by atoms with Crippen LogP contribution in [0, 0.1) is 0 Å². The molecule has 226 valence electrons. The van der Waals surface area contributed by atoms with Crippen LogP contribution < -0.4 is 15.2 Å². The van der Waals surface area contributed by atoms with Crippen LogP contribution >= 0.6 is 0 Å². The molecule has 0 aliphatic carbocycles. The SMILES string of the molecule is CCCCCC(=O)Oc1ccc(C[C@H](N)C(=O)O[C@@H](C)[C@H](C)OC(=O)OCCCC)cc1OC(=O)CCCCC. The van der Waals surface area contributed by atoms with E-state index in [9.17, 15) is 19.2 Å². The van der Waals surface area contributed by atoms with Crippen molar-refractivity contribution in [1.82, 2.24) is 0 Å². The third-order valence-corrected chi connectivity index (χ3v) is 6.15. The predicted molar refractivity (Wildman–Crippen MR) is 150 cm³/mol. The number of hydrogen-bond acceptors (Lipinski definition) is 10. The number of carbonyl (C=O) groups is 4. The summed E-state index contributed by atoms with van der Waals surface area (Å²) < 4.78 is 26.5. The van der Waals surface area contributed by atoms with Crippen LogP contribution in [0.15, 0.2) is 18.2 Å². The highest BCUT2D eigenvalue weighted by molar-refractivity contribution is 5.77. The maximum atomic E-state index is 12.6. The Balaban J connectivity index is 2.84. The standard InChI is InChI=1S/C30H47NO9/c1-6-9-12-14-27(32)39-25-17-16-23(20-26(25)40-28(33)15-13-10-7-2)19-24(31)29(34)37-21(4)22(5)38-30(35)36-18-11-8-3/h16-17,20-22,24H,6-15,18-19,31H2,1-5H3/t21-,22-,24-/m0/s1. The zero-order chi connectivity index (χ0) is 29.9. The lowest BCUT2D eigenvalue weighted by molar-refractivity contribution is -0.155. The highest BCUT2D eigenvalue weighted by Gasteiger charge is 2.25. The quantitative estimate of drug-likeness (QED) is 0.124. The van der Waals surface area contributed by atoms with Crippen LogP contribution in [0.5, 0.6) is 11.5 Å². The fraction of sp³-hybridized carbons (Fsp3) is 0.667. The molecule has 0 unspecified atom stereocenters. The van der Waals surface area contributed by atoms with Gasteiger partial charge in [-0.15, -0.1) is 0 Å². The third-order valence-electron chi connectivity index (χ3n) is 6.15. The van der Waals surface area contributed by atoms with Gasteiger partial charge in [-0.3, -0.25) is 14.4 Å². The molecule has 10 nitrogen and oxygen atoms in total. The first-order valence-corrected chi connectivity index (χ1v) is 14.4. The summed E-state index contributed by atoms with van der Waals surface area (Å²) >= 11 is 0. The molecule has 10 heteroatoms. The normalized spacial score (nSPS) is 13.1. The molecule has 0 bridgehead atoms. The van der Waals surface area contributed by atoms with E-state index in [0.717, 1.165) is 38.5 Å². The molecule has 3 atom stereocenters. The van der Waals surface area contributed by atoms with Crippen molar-refractivity contribution in [3.63, 3.8) is 0 Å². The molecule has 0 radical (unpaired) electrons. The Hall–Kier alpha value is -3.14. The van der Waals surface area contributed by atoms with Gasteiger partial charge in [0, 0.05) is 12.8 Å². The summed E-state index contributed by atoms with van der Waals surface area (Å²) in [5.74, 6) is -1.30. The van der Waals surface area contributed by atoms with Crippen LogP contribution in [-0.4, -0.2) is 48.9 Å². The van der Waals surface area contributed by atoms with Crippen LogP contribution in [0.2, 0.25) is 0 Å². The highest BCUT2D eigenvalue weighted by Crippen LogP contribution is 2.30. The second-order valence-electron chi connectivity index (χ2n) is 9.87. The molecule has 0 spiro atoms. The average molecular weight is 566 g/mol. The van der Waals surface area contributed by atoms with Gasteiger partial charge >= 0.3 is 24.1 Å². The van der Waals surface area contributed by atoms with Gasteiger partial charge < -0.3 is 29.4 Å². The molecule has 0 saturated carbocycles. The molecule has 0 fully saturated rings. The average Bonchev–Trinajstić information content (AvgIpc) is 2.90. The Morgan fingerprint density at radius 1 is 0.750 bits per heavy atom. The van der Waals surface area contributed by atoms with E-state index in [1.54, 1.807) is 26.0 Å². The molecule has 0 saturated heterocycles. The van der Waals surface area contributed by atoms with Gasteiger partial charge in [0.1, 0.15) is 18.2 Å². The number of ether oxygens (including phenoxy) is 5. The number of hydrogen-bond donors (Lipinski definition) is 1. The predicted octanol–water partition coefficient (Wildman–Crippen LogP) is 5.80. The van der Waals surface area contributed by atoms with Crippen molar-refractivity contribution >= 4 is 24.1 Å². The van der Waals surface area contributed by atoms with Crippen molar-refractivity contribution in [3.05, 3.63) is 23.8 Å². The maximum Gasteiger partial charge on any atom is 0.508 e. The lowest BCUT2D eigenvalue weighted by Crippen LogP contribution is -2.39. The smallest absolute Gasteiger partial charge is 0.458 e. The number of esters is 3. The van der Waals surface area contributed by atoms with E-state index in [0.29, 0.717) is 18.4 Å². The number of unbranched alkanes of at least 4 members (excludes halogenated alkanes) is 5. The summed E-state index contributed by atoms with van der Waals surface area (Å²) in [6.07, 6.45) is 4.99. The first-order valence-electron chi connectivity index (χ1n) is 14.4. The second-order valence-corrected chi connectivity index (χ2v) is 9.87. The molecule has 0 aromatic heterocycles. The van der Waals surface area contributed by atoms with Crippen LogP contribution in [-0.2, 0) is 35.0 Å². The van der Waals surface area contributed by atoms with Gasteiger partial charge in [0.2, 0.25) is 0 Å². The number of benzene rings is 1. The third kappa shape index (κ3) is 14.3. The minimum Gasteiger partial charge on any atom is -0.458 e. The Labute approximate surface area is 238 Å². The lowest BCUT2D eigenvalue weighted by atomic mass is 10.1. The van der Waals surface area contributed by atoms with Crippen molar-refractivity contribution in [2.75, 3.05) is 6.61 Å². The first kappa shape index (κ1) is 34.9. The van der Waals surface area contributed by atoms with Crippen molar-refractivity contribution in [1.29, 1.82) is 0 Å². The van der Waals surface area contributed by atoms with Gasteiger partial charge in [0.05, 0.1) is 6.61 Å². The van der Waals surface area contributed by atoms with E-state index in [2.05, 4.69) is 0 Å². The summed E-state index contributed by atoms with van der Waals surface area (Å²) in [6.45, 7) is 9.50. The molecular formula is C30H47NO9. The van der Waals surface area contributed by atoms with E-state index in [-0.39, 0.29) is 37.4 Å². The van der Waals surface area contributed by atoms with Gasteiger partial charge in [-0.05, 0) is 57.2 Å². The molecule has 1 aromatic carbocycles. The summed E-state index contributed by atoms with van der Waals surface area (Å²) in [6, 6.07) is 3.68. The molecule has 0 aliphatic heterocycles. The zero-order valence-corrected chi connectivity index (χ0v) is 24.7. The lowest BCUT2D eigenvalue weighted by Gasteiger charge is -2.22. The van der Waals surface area contributed by atoms with E-state index < -0.39 is 42.3 Å². The van der Waals surface area contributed by atoms with Crippen LogP contribution in [0.25, 0.3) is 0 Å². The van der Waals surface area contributed by atoms with Gasteiger partial charge in [-0.25, -0.2) is 4.79 Å². The van der Waals surface area contributed by atoms with Crippen molar-refractivity contribution < 1.29 is 42.9 Å². The summed E-state index contributed by atoms with van der Waals surface area (Å²) in [4.78, 5) is 49.1. The summed E-state index contributed by atoms with van der Waals surface area (Å²) in [5, 5.41) is 0. The Kier molecular flexibility index (Phi) is 17.3.